The number of rotatable bonds is 6. The molecule has 0 atom stereocenters. The van der Waals surface area contributed by atoms with Crippen LogP contribution in [0.15, 0.2) is 23.1 Å². The van der Waals surface area contributed by atoms with Gasteiger partial charge in [0.15, 0.2) is 0 Å². The van der Waals surface area contributed by atoms with E-state index in [1.807, 2.05) is 0 Å². The highest BCUT2D eigenvalue weighted by molar-refractivity contribution is 8.00. The van der Waals surface area contributed by atoms with Gasteiger partial charge >= 0.3 is 5.51 Å². The zero-order valence-electron chi connectivity index (χ0n) is 9.89. The predicted molar refractivity (Wildman–Crippen MR) is 68.6 cm³/mol. The van der Waals surface area contributed by atoms with Gasteiger partial charge in [-0.3, -0.25) is 0 Å². The third-order valence-corrected chi connectivity index (χ3v) is 3.25. The van der Waals surface area contributed by atoms with Crippen molar-refractivity contribution in [3.05, 3.63) is 23.8 Å². The number of hydrogen-bond donors (Lipinski definition) is 0. The lowest BCUT2D eigenvalue weighted by molar-refractivity contribution is -0.0328. The summed E-state index contributed by atoms with van der Waals surface area (Å²) in [5, 5.41) is 0. The largest absolute Gasteiger partial charge is 0.494 e. The molecule has 0 N–H and O–H groups in total. The summed E-state index contributed by atoms with van der Waals surface area (Å²) >= 11 is 5.46. The highest BCUT2D eigenvalue weighted by Crippen LogP contribution is 2.40. The van der Waals surface area contributed by atoms with Gasteiger partial charge in [-0.05, 0) is 49.2 Å². The smallest absolute Gasteiger partial charge is 0.446 e. The van der Waals surface area contributed by atoms with Crippen LogP contribution < -0.4 is 4.74 Å². The lowest BCUT2D eigenvalue weighted by Crippen LogP contribution is -2.02. The topological polar surface area (TPSA) is 9.23 Å². The van der Waals surface area contributed by atoms with E-state index < -0.39 is 5.51 Å². The lowest BCUT2D eigenvalue weighted by Gasteiger charge is -2.13. The maximum Gasteiger partial charge on any atom is 0.446 e. The van der Waals surface area contributed by atoms with Gasteiger partial charge in [0, 0.05) is 10.8 Å². The summed E-state index contributed by atoms with van der Waals surface area (Å²) in [4.78, 5) is 0.193. The molecule has 1 nitrogen and oxygen atoms in total. The van der Waals surface area contributed by atoms with Crippen molar-refractivity contribution >= 4 is 23.4 Å². The van der Waals surface area contributed by atoms with Gasteiger partial charge in [-0.2, -0.15) is 13.2 Å². The fourth-order valence-electron chi connectivity index (χ4n) is 1.47. The quantitative estimate of drug-likeness (QED) is 0.547. The minimum absolute atomic E-state index is 0.105. The molecule has 0 unspecified atom stereocenters. The van der Waals surface area contributed by atoms with E-state index in [4.69, 9.17) is 16.3 Å². The fraction of sp³-hybridized carbons (Fsp3) is 0.500. The van der Waals surface area contributed by atoms with Crippen molar-refractivity contribution in [2.75, 3.05) is 12.5 Å². The summed E-state index contributed by atoms with van der Waals surface area (Å²) in [6.45, 7) is 2.22. The summed E-state index contributed by atoms with van der Waals surface area (Å²) < 4.78 is 42.6. The van der Waals surface area contributed by atoms with Crippen molar-refractivity contribution in [3.8, 4) is 5.75 Å². The molecule has 0 saturated carbocycles. The molecule has 0 aliphatic heterocycles. The molecule has 1 aromatic rings. The molecule has 0 aliphatic carbocycles. The Kier molecular flexibility index (Phi) is 6.15. The lowest BCUT2D eigenvalue weighted by atomic mass is 10.1. The van der Waals surface area contributed by atoms with Crippen molar-refractivity contribution in [3.63, 3.8) is 0 Å². The van der Waals surface area contributed by atoms with Crippen molar-refractivity contribution in [2.45, 2.75) is 30.2 Å². The van der Waals surface area contributed by atoms with Gasteiger partial charge in [0.2, 0.25) is 0 Å². The van der Waals surface area contributed by atoms with Crippen LogP contribution in [-0.4, -0.2) is 18.0 Å². The van der Waals surface area contributed by atoms with Crippen LogP contribution in [0.4, 0.5) is 13.2 Å². The molecule has 1 rings (SSSR count). The number of hydrogen-bond acceptors (Lipinski definition) is 2. The molecular weight excluding hydrogens is 285 g/mol. The first-order valence-electron chi connectivity index (χ1n) is 5.53. The molecule has 6 heteroatoms. The van der Waals surface area contributed by atoms with Crippen molar-refractivity contribution in [1.29, 1.82) is 0 Å². The molecule has 0 radical (unpaired) electrons. The minimum Gasteiger partial charge on any atom is -0.494 e. The average molecular weight is 299 g/mol. The van der Waals surface area contributed by atoms with Gasteiger partial charge < -0.3 is 4.74 Å². The second kappa shape index (κ2) is 7.14. The molecule has 0 amide bonds. The molecule has 1 aromatic carbocycles. The van der Waals surface area contributed by atoms with E-state index in [0.717, 1.165) is 0 Å². The number of aryl methyl sites for hydroxylation is 1. The molecule has 0 spiro atoms. The van der Waals surface area contributed by atoms with Gasteiger partial charge in [0.05, 0.1) is 6.61 Å². The van der Waals surface area contributed by atoms with E-state index in [1.54, 1.807) is 19.1 Å². The Morgan fingerprint density at radius 1 is 1.33 bits per heavy atom. The van der Waals surface area contributed by atoms with Crippen LogP contribution in [0.5, 0.6) is 5.75 Å². The first kappa shape index (κ1) is 15.5. The maximum atomic E-state index is 12.5. The zero-order valence-corrected chi connectivity index (χ0v) is 11.5. The summed E-state index contributed by atoms with van der Waals surface area (Å²) in [5.41, 5.74) is -3.64. The van der Waals surface area contributed by atoms with Gasteiger partial charge in [0.1, 0.15) is 5.75 Å². The Labute approximate surface area is 114 Å². The third kappa shape index (κ3) is 5.40. The highest BCUT2D eigenvalue weighted by Gasteiger charge is 2.30. The normalized spacial score (nSPS) is 11.6. The summed E-state index contributed by atoms with van der Waals surface area (Å²) in [6.07, 6.45) is 1.19. The number of benzene rings is 1. The molecular formula is C12H14ClF3OS. The summed E-state index contributed by atoms with van der Waals surface area (Å²) in [5.74, 6) is 0.891. The summed E-state index contributed by atoms with van der Waals surface area (Å²) in [6, 6.07) is 4.80. The average Bonchev–Trinajstić information content (AvgIpc) is 2.26. The number of alkyl halides is 4. The van der Waals surface area contributed by atoms with Crippen LogP contribution in [-0.2, 0) is 6.42 Å². The van der Waals surface area contributed by atoms with Crippen molar-refractivity contribution in [1.82, 2.24) is 0 Å². The number of thioether (sulfide) groups is 1. The van der Waals surface area contributed by atoms with Crippen molar-refractivity contribution < 1.29 is 17.9 Å². The standard InChI is InChI=1S/C12H14ClF3OS/c1-2-17-10-6-5-9(4-3-7-13)11(8-10)18-12(14,15)16/h5-6,8H,2-4,7H2,1H3. The monoisotopic (exact) mass is 298 g/mol. The van der Waals surface area contributed by atoms with Crippen LogP contribution in [0.2, 0.25) is 0 Å². The second-order valence-electron chi connectivity index (χ2n) is 3.54. The first-order chi connectivity index (χ1) is 8.46. The SMILES string of the molecule is CCOc1ccc(CCCCl)c(SC(F)(F)F)c1. The zero-order chi connectivity index (χ0) is 13.6. The molecule has 0 bridgehead atoms. The number of halogens is 4. The molecule has 0 aliphatic rings. The molecule has 0 heterocycles. The Hall–Kier alpha value is -0.550. The van der Waals surface area contributed by atoms with Crippen LogP contribution in [0.1, 0.15) is 18.9 Å². The maximum absolute atomic E-state index is 12.5. The van der Waals surface area contributed by atoms with Gasteiger partial charge in [-0.25, -0.2) is 0 Å². The molecule has 18 heavy (non-hydrogen) atoms. The van der Waals surface area contributed by atoms with Gasteiger partial charge in [0.25, 0.3) is 0 Å². The molecule has 102 valence electrons. The van der Waals surface area contributed by atoms with Crippen LogP contribution in [0, 0.1) is 0 Å². The predicted octanol–water partition coefficient (Wildman–Crippen LogP) is 4.87. The first-order valence-corrected chi connectivity index (χ1v) is 6.88. The Morgan fingerprint density at radius 3 is 2.61 bits per heavy atom. The molecule has 0 saturated heterocycles. The summed E-state index contributed by atoms with van der Waals surface area (Å²) in [7, 11) is 0. The van der Waals surface area contributed by atoms with Gasteiger partial charge in [-0.1, -0.05) is 6.07 Å². The van der Waals surface area contributed by atoms with Crippen LogP contribution in [0.3, 0.4) is 0 Å². The Balaban J connectivity index is 2.94. The highest BCUT2D eigenvalue weighted by atomic mass is 35.5. The molecule has 0 aromatic heterocycles. The molecule has 0 fully saturated rings. The fourth-order valence-corrected chi connectivity index (χ4v) is 2.33. The van der Waals surface area contributed by atoms with Crippen molar-refractivity contribution in [2.24, 2.45) is 0 Å². The number of ether oxygens (including phenoxy) is 1. The van der Waals surface area contributed by atoms with E-state index in [9.17, 15) is 13.2 Å². The van der Waals surface area contributed by atoms with E-state index in [1.165, 1.54) is 6.07 Å². The Bertz CT molecular complexity index is 382. The van der Waals surface area contributed by atoms with Crippen LogP contribution >= 0.6 is 23.4 Å². The van der Waals surface area contributed by atoms with E-state index in [0.29, 0.717) is 36.6 Å². The van der Waals surface area contributed by atoms with E-state index >= 15 is 0 Å². The minimum atomic E-state index is -4.29. The van der Waals surface area contributed by atoms with E-state index in [2.05, 4.69) is 0 Å². The third-order valence-electron chi connectivity index (χ3n) is 2.16. The van der Waals surface area contributed by atoms with E-state index in [-0.39, 0.29) is 16.7 Å². The van der Waals surface area contributed by atoms with Crippen LogP contribution in [0.25, 0.3) is 0 Å². The van der Waals surface area contributed by atoms with Gasteiger partial charge in [-0.15, -0.1) is 11.6 Å². The Morgan fingerprint density at radius 2 is 2.06 bits per heavy atom. The second-order valence-corrected chi connectivity index (χ2v) is 5.03.